The van der Waals surface area contributed by atoms with Gasteiger partial charge in [-0.2, -0.15) is 0 Å². The summed E-state index contributed by atoms with van der Waals surface area (Å²) < 4.78 is 0. The van der Waals surface area contributed by atoms with Gasteiger partial charge >= 0.3 is 0 Å². The zero-order valence-electron chi connectivity index (χ0n) is 14.1. The summed E-state index contributed by atoms with van der Waals surface area (Å²) in [7, 11) is 0. The first kappa shape index (κ1) is 17.5. The zero-order valence-corrected chi connectivity index (χ0v) is 14.9. The summed E-state index contributed by atoms with van der Waals surface area (Å²) in [6.07, 6.45) is 9.90. The molecule has 3 rings (SSSR count). The van der Waals surface area contributed by atoms with Gasteiger partial charge in [-0.25, -0.2) is 4.98 Å². The van der Waals surface area contributed by atoms with Crippen LogP contribution in [0.4, 0.5) is 11.5 Å². The monoisotopic (exact) mass is 355 g/mol. The van der Waals surface area contributed by atoms with E-state index in [1.54, 1.807) is 24.4 Å². The largest absolute Gasteiger partial charge is 0.371 e. The Morgan fingerprint density at radius 2 is 1.92 bits per heavy atom. The summed E-state index contributed by atoms with van der Waals surface area (Å²) in [4.78, 5) is 18.4. The van der Waals surface area contributed by atoms with Crippen molar-refractivity contribution in [2.75, 3.05) is 23.3 Å². The van der Waals surface area contributed by atoms with Gasteiger partial charge < -0.3 is 10.2 Å². The number of rotatable bonds is 4. The standard InChI is InChI=1S/C20H22ClN3O/c21-18-15-17(24-13-5-1-2-6-14-24)10-8-16(18)9-11-20(25)23-19-7-3-4-12-22-19/h3-4,7-12,15H,1-2,5-6,13-14H2,(H,22,23,25)/b11-9+. The molecule has 0 saturated carbocycles. The fraction of sp³-hybridized carbons (Fsp3) is 0.300. The number of aromatic nitrogens is 1. The summed E-state index contributed by atoms with van der Waals surface area (Å²) >= 11 is 6.41. The lowest BCUT2D eigenvalue weighted by Crippen LogP contribution is -2.23. The highest BCUT2D eigenvalue weighted by Gasteiger charge is 2.11. The number of pyridine rings is 1. The van der Waals surface area contributed by atoms with Crippen molar-refractivity contribution in [3.05, 3.63) is 59.3 Å². The molecule has 1 aromatic heterocycles. The first-order chi connectivity index (χ1) is 12.2. The third-order valence-electron chi connectivity index (χ3n) is 4.29. The van der Waals surface area contributed by atoms with Gasteiger partial charge in [0.2, 0.25) is 5.91 Å². The number of halogens is 1. The molecule has 0 radical (unpaired) electrons. The molecular formula is C20H22ClN3O. The van der Waals surface area contributed by atoms with Gasteiger partial charge in [0.25, 0.3) is 0 Å². The van der Waals surface area contributed by atoms with Crippen molar-refractivity contribution in [1.29, 1.82) is 0 Å². The number of nitrogens with one attached hydrogen (secondary N) is 1. The fourth-order valence-electron chi connectivity index (χ4n) is 2.95. The van der Waals surface area contributed by atoms with E-state index >= 15 is 0 Å². The number of carbonyl (C=O) groups is 1. The predicted octanol–water partition coefficient (Wildman–Crippen LogP) is 4.77. The third kappa shape index (κ3) is 5.07. The average Bonchev–Trinajstić information content (AvgIpc) is 2.91. The Balaban J connectivity index is 1.65. The van der Waals surface area contributed by atoms with Gasteiger partial charge in [-0.3, -0.25) is 4.79 Å². The van der Waals surface area contributed by atoms with Crippen LogP contribution in [0.2, 0.25) is 5.02 Å². The van der Waals surface area contributed by atoms with E-state index in [9.17, 15) is 4.79 Å². The topological polar surface area (TPSA) is 45.2 Å². The van der Waals surface area contributed by atoms with E-state index in [2.05, 4.69) is 21.3 Å². The van der Waals surface area contributed by atoms with Crippen molar-refractivity contribution in [2.24, 2.45) is 0 Å². The van der Waals surface area contributed by atoms with Crippen molar-refractivity contribution in [3.8, 4) is 0 Å². The molecule has 130 valence electrons. The minimum absolute atomic E-state index is 0.230. The molecule has 1 aromatic carbocycles. The fourth-order valence-corrected chi connectivity index (χ4v) is 3.18. The lowest BCUT2D eigenvalue weighted by molar-refractivity contribution is -0.111. The maximum Gasteiger partial charge on any atom is 0.249 e. The first-order valence-corrected chi connectivity index (χ1v) is 9.05. The number of carbonyl (C=O) groups excluding carboxylic acids is 1. The predicted molar refractivity (Wildman–Crippen MR) is 104 cm³/mol. The smallest absolute Gasteiger partial charge is 0.249 e. The van der Waals surface area contributed by atoms with Crippen LogP contribution in [0.1, 0.15) is 31.2 Å². The lowest BCUT2D eigenvalue weighted by Gasteiger charge is -2.23. The van der Waals surface area contributed by atoms with Crippen LogP contribution >= 0.6 is 11.6 Å². The van der Waals surface area contributed by atoms with Gasteiger partial charge in [0.05, 0.1) is 0 Å². The quantitative estimate of drug-likeness (QED) is 0.804. The molecule has 5 heteroatoms. The van der Waals surface area contributed by atoms with E-state index in [-0.39, 0.29) is 5.91 Å². The molecule has 0 atom stereocenters. The number of hydrogen-bond acceptors (Lipinski definition) is 3. The molecule has 1 N–H and O–H groups in total. The van der Waals surface area contributed by atoms with E-state index in [0.717, 1.165) is 24.3 Å². The molecule has 0 bridgehead atoms. The first-order valence-electron chi connectivity index (χ1n) is 8.67. The number of amides is 1. The van der Waals surface area contributed by atoms with E-state index in [4.69, 9.17) is 11.6 Å². The molecule has 0 spiro atoms. The van der Waals surface area contributed by atoms with Gasteiger partial charge in [0, 0.05) is 36.1 Å². The zero-order chi connectivity index (χ0) is 17.5. The van der Waals surface area contributed by atoms with E-state index in [1.165, 1.54) is 31.8 Å². The molecule has 1 saturated heterocycles. The molecule has 1 amide bonds. The Bertz CT molecular complexity index is 738. The molecule has 0 unspecified atom stereocenters. The van der Waals surface area contributed by atoms with E-state index < -0.39 is 0 Å². The van der Waals surface area contributed by atoms with Crippen LogP contribution in [0, 0.1) is 0 Å². The van der Waals surface area contributed by atoms with Crippen molar-refractivity contribution in [1.82, 2.24) is 4.98 Å². The number of benzene rings is 1. The second-order valence-electron chi connectivity index (χ2n) is 6.14. The highest BCUT2D eigenvalue weighted by atomic mass is 35.5. The Morgan fingerprint density at radius 3 is 2.60 bits per heavy atom. The van der Waals surface area contributed by atoms with Gasteiger partial charge in [-0.1, -0.05) is 36.6 Å². The van der Waals surface area contributed by atoms with Crippen LogP contribution in [0.25, 0.3) is 6.08 Å². The van der Waals surface area contributed by atoms with Crippen LogP contribution in [0.5, 0.6) is 0 Å². The lowest BCUT2D eigenvalue weighted by atomic mass is 10.1. The molecule has 4 nitrogen and oxygen atoms in total. The van der Waals surface area contributed by atoms with Gasteiger partial charge in [0.1, 0.15) is 5.82 Å². The number of nitrogens with zero attached hydrogens (tertiary/aromatic N) is 2. The molecule has 25 heavy (non-hydrogen) atoms. The van der Waals surface area contributed by atoms with Crippen LogP contribution in [-0.4, -0.2) is 24.0 Å². The second kappa shape index (κ2) is 8.67. The highest BCUT2D eigenvalue weighted by Crippen LogP contribution is 2.26. The van der Waals surface area contributed by atoms with Gasteiger partial charge in [-0.15, -0.1) is 0 Å². The molecule has 1 aliphatic heterocycles. The van der Waals surface area contributed by atoms with Crippen LogP contribution < -0.4 is 10.2 Å². The molecular weight excluding hydrogens is 334 g/mol. The number of anilines is 2. The SMILES string of the molecule is O=C(/C=C/c1ccc(N2CCCCCC2)cc1Cl)Nc1ccccn1. The summed E-state index contributed by atoms with van der Waals surface area (Å²) in [6.45, 7) is 2.16. The summed E-state index contributed by atoms with van der Waals surface area (Å²) in [5.41, 5.74) is 1.98. The van der Waals surface area contributed by atoms with Crippen LogP contribution in [0.15, 0.2) is 48.7 Å². The third-order valence-corrected chi connectivity index (χ3v) is 4.61. The van der Waals surface area contributed by atoms with Gasteiger partial charge in [-0.05, 0) is 48.7 Å². The molecule has 2 aromatic rings. The molecule has 2 heterocycles. The van der Waals surface area contributed by atoms with Crippen molar-refractivity contribution in [3.63, 3.8) is 0 Å². The number of hydrogen-bond donors (Lipinski definition) is 1. The average molecular weight is 356 g/mol. The summed E-state index contributed by atoms with van der Waals surface area (Å²) in [5, 5.41) is 3.37. The van der Waals surface area contributed by atoms with Crippen molar-refractivity contribution < 1.29 is 4.79 Å². The Labute approximate surface area is 153 Å². The van der Waals surface area contributed by atoms with Crippen LogP contribution in [-0.2, 0) is 4.79 Å². The maximum absolute atomic E-state index is 12.0. The van der Waals surface area contributed by atoms with Gasteiger partial charge in [0.15, 0.2) is 0 Å². The second-order valence-corrected chi connectivity index (χ2v) is 6.55. The molecule has 1 fully saturated rings. The Morgan fingerprint density at radius 1 is 1.12 bits per heavy atom. The van der Waals surface area contributed by atoms with E-state index in [1.807, 2.05) is 18.2 Å². The Kier molecular flexibility index (Phi) is 6.07. The minimum Gasteiger partial charge on any atom is -0.371 e. The molecule has 1 aliphatic rings. The maximum atomic E-state index is 12.0. The highest BCUT2D eigenvalue weighted by molar-refractivity contribution is 6.32. The van der Waals surface area contributed by atoms with E-state index in [0.29, 0.717) is 10.8 Å². The van der Waals surface area contributed by atoms with Crippen molar-refractivity contribution in [2.45, 2.75) is 25.7 Å². The van der Waals surface area contributed by atoms with Crippen LogP contribution in [0.3, 0.4) is 0 Å². The Hall–Kier alpha value is -2.33. The molecule has 0 aliphatic carbocycles. The summed E-state index contributed by atoms with van der Waals surface area (Å²) in [6, 6.07) is 11.4. The summed E-state index contributed by atoms with van der Waals surface area (Å²) in [5.74, 6) is 0.297. The van der Waals surface area contributed by atoms with Crippen molar-refractivity contribution >= 4 is 35.1 Å². The normalized spacial score (nSPS) is 15.2. The minimum atomic E-state index is -0.230.